The topological polar surface area (TPSA) is 64.6 Å². The first-order chi connectivity index (χ1) is 16.0. The van der Waals surface area contributed by atoms with Gasteiger partial charge in [0.15, 0.2) is 0 Å². The number of anilines is 2. The number of aryl methyl sites for hydroxylation is 4. The van der Waals surface area contributed by atoms with Gasteiger partial charge >= 0.3 is 0 Å². The predicted molar refractivity (Wildman–Crippen MR) is 146 cm³/mol. The van der Waals surface area contributed by atoms with E-state index in [1.807, 2.05) is 0 Å². The number of benzene rings is 2. The highest BCUT2D eigenvalue weighted by atomic mass is 16.6. The Morgan fingerprint density at radius 3 is 1.82 bits per heavy atom. The van der Waals surface area contributed by atoms with E-state index in [1.165, 1.54) is 22.3 Å². The lowest BCUT2D eigenvalue weighted by atomic mass is 9.56. The summed E-state index contributed by atoms with van der Waals surface area (Å²) in [6.45, 7) is 18.7. The summed E-state index contributed by atoms with van der Waals surface area (Å²) in [5.41, 5.74) is 24.6. The Hall–Kier alpha value is -2.52. The van der Waals surface area contributed by atoms with Gasteiger partial charge in [0.1, 0.15) is 0 Å². The molecule has 0 amide bonds. The first-order valence-corrected chi connectivity index (χ1v) is 12.7. The number of allylic oxidation sites excluding steroid dienone is 4. The van der Waals surface area contributed by atoms with Crippen LogP contribution in [0, 0.1) is 44.9 Å². The molecule has 4 rings (SSSR count). The standard InChI is InChI=1S/C31H42N2O/c1-17(2)26-9-10-31(18(3)4,15-25-16-34-25)28(24-13-21(7)30(33)22(8)14-24)27(26)23-11-19(5)29(32)20(6)12-23/h9-14,17-18,25,28H,15-16,32-33H2,1-8H3. The van der Waals surface area contributed by atoms with Crippen LogP contribution in [-0.4, -0.2) is 12.7 Å². The van der Waals surface area contributed by atoms with Crippen molar-refractivity contribution in [1.29, 1.82) is 0 Å². The van der Waals surface area contributed by atoms with Crippen LogP contribution in [0.25, 0.3) is 5.57 Å². The van der Waals surface area contributed by atoms with Crippen LogP contribution in [0.1, 0.15) is 73.4 Å². The second-order valence-electron chi connectivity index (χ2n) is 11.3. The number of nitrogen functional groups attached to an aromatic ring is 2. The molecule has 4 N–H and O–H groups in total. The number of hydrogen-bond acceptors (Lipinski definition) is 3. The molecule has 0 aromatic heterocycles. The Kier molecular flexibility index (Phi) is 6.46. The molecule has 3 unspecified atom stereocenters. The van der Waals surface area contributed by atoms with Gasteiger partial charge < -0.3 is 16.2 Å². The third-order valence-corrected chi connectivity index (χ3v) is 8.24. The molecule has 1 heterocycles. The quantitative estimate of drug-likeness (QED) is 0.353. The van der Waals surface area contributed by atoms with Crippen molar-refractivity contribution in [2.45, 2.75) is 73.8 Å². The first-order valence-electron chi connectivity index (χ1n) is 12.7. The van der Waals surface area contributed by atoms with Crippen LogP contribution in [0.2, 0.25) is 0 Å². The van der Waals surface area contributed by atoms with E-state index in [-0.39, 0.29) is 11.3 Å². The number of nitrogens with two attached hydrogens (primary N) is 2. The Balaban J connectivity index is 2.07. The molecule has 0 spiro atoms. The molecule has 1 aliphatic carbocycles. The zero-order valence-electron chi connectivity index (χ0n) is 22.3. The maximum Gasteiger partial charge on any atom is 0.0818 e. The lowest BCUT2D eigenvalue weighted by Gasteiger charge is -2.47. The SMILES string of the molecule is Cc1cc(C2=C(C(C)C)C=CC(CC3CO3)(C(C)C)C2c2cc(C)c(N)c(C)c2)cc(C)c1N. The molecule has 3 heteroatoms. The number of rotatable bonds is 6. The first kappa shape index (κ1) is 24.6. The van der Waals surface area contributed by atoms with E-state index in [0.29, 0.717) is 17.9 Å². The zero-order chi connectivity index (χ0) is 24.9. The van der Waals surface area contributed by atoms with Crippen LogP contribution >= 0.6 is 0 Å². The third kappa shape index (κ3) is 4.20. The molecule has 2 aromatic rings. The van der Waals surface area contributed by atoms with E-state index in [9.17, 15) is 0 Å². The van der Waals surface area contributed by atoms with Crippen LogP contribution in [0.3, 0.4) is 0 Å². The molecule has 1 saturated heterocycles. The number of ether oxygens (including phenoxy) is 1. The van der Waals surface area contributed by atoms with E-state index >= 15 is 0 Å². The van der Waals surface area contributed by atoms with E-state index in [1.54, 1.807) is 0 Å². The van der Waals surface area contributed by atoms with Crippen molar-refractivity contribution in [1.82, 2.24) is 0 Å². The van der Waals surface area contributed by atoms with Crippen molar-refractivity contribution in [3.8, 4) is 0 Å². The summed E-state index contributed by atoms with van der Waals surface area (Å²) in [6.07, 6.45) is 6.29. The molecule has 0 saturated carbocycles. The maximum absolute atomic E-state index is 6.42. The van der Waals surface area contributed by atoms with Gasteiger partial charge in [-0.3, -0.25) is 0 Å². The molecule has 3 atom stereocenters. The van der Waals surface area contributed by atoms with Crippen molar-refractivity contribution in [3.63, 3.8) is 0 Å². The lowest BCUT2D eigenvalue weighted by molar-refractivity contribution is 0.192. The van der Waals surface area contributed by atoms with Crippen LogP contribution in [0.4, 0.5) is 11.4 Å². The van der Waals surface area contributed by atoms with Gasteiger partial charge in [-0.05, 0) is 103 Å². The normalized spacial score (nSPS) is 24.4. The fourth-order valence-corrected chi connectivity index (χ4v) is 6.01. The number of hydrogen-bond donors (Lipinski definition) is 2. The highest BCUT2D eigenvalue weighted by molar-refractivity contribution is 5.81. The van der Waals surface area contributed by atoms with Crippen LogP contribution in [0.15, 0.2) is 42.0 Å². The highest BCUT2D eigenvalue weighted by Gasteiger charge is 2.48. The smallest absolute Gasteiger partial charge is 0.0818 e. The van der Waals surface area contributed by atoms with Gasteiger partial charge in [-0.2, -0.15) is 0 Å². The second kappa shape index (κ2) is 8.92. The van der Waals surface area contributed by atoms with E-state index in [0.717, 1.165) is 46.7 Å². The summed E-state index contributed by atoms with van der Waals surface area (Å²) in [5.74, 6) is 1.06. The Morgan fingerprint density at radius 1 is 0.882 bits per heavy atom. The van der Waals surface area contributed by atoms with Gasteiger partial charge in [-0.15, -0.1) is 0 Å². The molecule has 3 nitrogen and oxygen atoms in total. The maximum atomic E-state index is 6.42. The number of epoxide rings is 1. The summed E-state index contributed by atoms with van der Waals surface area (Å²) in [4.78, 5) is 0. The lowest BCUT2D eigenvalue weighted by Crippen LogP contribution is -2.37. The van der Waals surface area contributed by atoms with Gasteiger partial charge in [0.05, 0.1) is 12.7 Å². The summed E-state index contributed by atoms with van der Waals surface area (Å²) in [6, 6.07) is 9.24. The minimum absolute atomic E-state index is 0.0485. The third-order valence-electron chi connectivity index (χ3n) is 8.24. The van der Waals surface area contributed by atoms with Gasteiger partial charge in [0.2, 0.25) is 0 Å². The van der Waals surface area contributed by atoms with Gasteiger partial charge in [-0.1, -0.05) is 52.0 Å². The molecule has 34 heavy (non-hydrogen) atoms. The molecule has 0 radical (unpaired) electrons. The van der Waals surface area contributed by atoms with Crippen molar-refractivity contribution in [2.75, 3.05) is 18.1 Å². The Bertz CT molecular complexity index is 1120. The van der Waals surface area contributed by atoms with Crippen molar-refractivity contribution in [3.05, 3.63) is 75.4 Å². The molecular formula is C31H42N2O. The summed E-state index contributed by atoms with van der Waals surface area (Å²) in [7, 11) is 0. The second-order valence-corrected chi connectivity index (χ2v) is 11.3. The average Bonchev–Trinajstić information content (AvgIpc) is 3.58. The summed E-state index contributed by atoms with van der Waals surface area (Å²) < 4.78 is 5.82. The largest absolute Gasteiger partial charge is 0.398 e. The average molecular weight is 459 g/mol. The van der Waals surface area contributed by atoms with Gasteiger partial charge in [0.25, 0.3) is 0 Å². The fraction of sp³-hybridized carbons (Fsp3) is 0.484. The monoisotopic (exact) mass is 458 g/mol. The molecule has 0 bridgehead atoms. The Morgan fingerprint density at radius 2 is 1.38 bits per heavy atom. The van der Waals surface area contributed by atoms with Gasteiger partial charge in [-0.25, -0.2) is 0 Å². The van der Waals surface area contributed by atoms with Crippen LogP contribution < -0.4 is 11.5 Å². The molecule has 2 aliphatic rings. The van der Waals surface area contributed by atoms with E-state index < -0.39 is 0 Å². The van der Waals surface area contributed by atoms with E-state index in [2.05, 4.69) is 91.8 Å². The molecule has 2 aromatic carbocycles. The van der Waals surface area contributed by atoms with Crippen LogP contribution in [0.5, 0.6) is 0 Å². The molecule has 1 aliphatic heterocycles. The summed E-state index contributed by atoms with van der Waals surface area (Å²) in [5, 5.41) is 0. The summed E-state index contributed by atoms with van der Waals surface area (Å²) >= 11 is 0. The van der Waals surface area contributed by atoms with Crippen molar-refractivity contribution in [2.24, 2.45) is 17.3 Å². The molecule has 182 valence electrons. The minimum atomic E-state index is -0.0485. The fourth-order valence-electron chi connectivity index (χ4n) is 6.01. The van der Waals surface area contributed by atoms with Crippen LogP contribution in [-0.2, 0) is 4.74 Å². The molecule has 1 fully saturated rings. The van der Waals surface area contributed by atoms with Crippen molar-refractivity contribution >= 4 is 16.9 Å². The highest BCUT2D eigenvalue weighted by Crippen LogP contribution is 2.58. The van der Waals surface area contributed by atoms with Crippen molar-refractivity contribution < 1.29 is 4.74 Å². The minimum Gasteiger partial charge on any atom is -0.398 e. The Labute approximate surface area is 206 Å². The predicted octanol–water partition coefficient (Wildman–Crippen LogP) is 7.28. The zero-order valence-corrected chi connectivity index (χ0v) is 22.3. The van der Waals surface area contributed by atoms with Gasteiger partial charge in [0, 0.05) is 22.7 Å². The molecular weight excluding hydrogens is 416 g/mol. The van der Waals surface area contributed by atoms with E-state index in [4.69, 9.17) is 16.2 Å².